The molecule has 1 heteroatoms. The molecule has 0 atom stereocenters. The summed E-state index contributed by atoms with van der Waals surface area (Å²) in [5.41, 5.74) is 3.11. The summed E-state index contributed by atoms with van der Waals surface area (Å²) in [5.74, 6) is 3.58. The standard InChI is InChI=1S/C28H43F/c1-2-3-4-5-8-23-10-14-25(15-11-23)27-18-20-28(21-19-27)26-16-12-24(13-17-26)9-6-7-22-29/h7,10-11,14-15,22,24,26-28H,2-6,8-9,12-13,16-21H2,1H3/b22-7+. The van der Waals surface area contributed by atoms with E-state index >= 15 is 0 Å². The van der Waals surface area contributed by atoms with Gasteiger partial charge in [-0.2, -0.15) is 0 Å². The van der Waals surface area contributed by atoms with Gasteiger partial charge in [-0.25, -0.2) is 4.39 Å². The molecule has 162 valence electrons. The Morgan fingerprint density at radius 1 is 0.828 bits per heavy atom. The molecular formula is C28H43F. The van der Waals surface area contributed by atoms with Gasteiger partial charge >= 0.3 is 0 Å². The monoisotopic (exact) mass is 398 g/mol. The lowest BCUT2D eigenvalue weighted by molar-refractivity contribution is 0.157. The van der Waals surface area contributed by atoms with Crippen molar-refractivity contribution in [2.45, 2.75) is 109 Å². The van der Waals surface area contributed by atoms with Gasteiger partial charge < -0.3 is 0 Å². The van der Waals surface area contributed by atoms with Crippen molar-refractivity contribution >= 4 is 0 Å². The Bertz CT molecular complexity index is 571. The number of halogens is 1. The number of hydrogen-bond acceptors (Lipinski definition) is 0. The fourth-order valence-corrected chi connectivity index (χ4v) is 5.98. The van der Waals surface area contributed by atoms with E-state index in [0.717, 1.165) is 30.1 Å². The van der Waals surface area contributed by atoms with Gasteiger partial charge in [-0.3, -0.25) is 0 Å². The molecule has 0 spiro atoms. The summed E-state index contributed by atoms with van der Waals surface area (Å²) in [4.78, 5) is 0. The van der Waals surface area contributed by atoms with E-state index in [4.69, 9.17) is 0 Å². The van der Waals surface area contributed by atoms with Crippen LogP contribution in [0.3, 0.4) is 0 Å². The molecule has 1 aromatic rings. The molecule has 0 saturated heterocycles. The number of rotatable bonds is 10. The van der Waals surface area contributed by atoms with Crippen molar-refractivity contribution in [1.82, 2.24) is 0 Å². The van der Waals surface area contributed by atoms with E-state index in [0.29, 0.717) is 6.33 Å². The van der Waals surface area contributed by atoms with Crippen molar-refractivity contribution in [2.75, 3.05) is 0 Å². The van der Waals surface area contributed by atoms with Crippen LogP contribution in [0.25, 0.3) is 0 Å². The van der Waals surface area contributed by atoms with Crippen LogP contribution in [0.5, 0.6) is 0 Å². The van der Waals surface area contributed by atoms with Gasteiger partial charge in [-0.1, -0.05) is 69.4 Å². The average Bonchev–Trinajstić information content (AvgIpc) is 2.78. The van der Waals surface area contributed by atoms with Crippen molar-refractivity contribution < 1.29 is 4.39 Å². The maximum Gasteiger partial charge on any atom is 0.0827 e. The Kier molecular flexibility index (Phi) is 9.77. The molecule has 2 aliphatic carbocycles. The Morgan fingerprint density at radius 2 is 1.48 bits per heavy atom. The van der Waals surface area contributed by atoms with Crippen LogP contribution in [0.15, 0.2) is 36.7 Å². The molecule has 3 rings (SSSR count). The van der Waals surface area contributed by atoms with Crippen LogP contribution >= 0.6 is 0 Å². The van der Waals surface area contributed by atoms with Crippen LogP contribution in [-0.4, -0.2) is 0 Å². The van der Waals surface area contributed by atoms with Crippen molar-refractivity contribution in [3.63, 3.8) is 0 Å². The molecule has 0 N–H and O–H groups in total. The first-order chi connectivity index (χ1) is 14.3. The topological polar surface area (TPSA) is 0 Å². The second-order valence-corrected chi connectivity index (χ2v) is 9.88. The smallest absolute Gasteiger partial charge is 0.0827 e. The largest absolute Gasteiger partial charge is 0.216 e. The lowest BCUT2D eigenvalue weighted by atomic mass is 9.68. The summed E-state index contributed by atoms with van der Waals surface area (Å²) in [5, 5.41) is 0. The first kappa shape index (κ1) is 22.6. The molecule has 0 aromatic heterocycles. The highest BCUT2D eigenvalue weighted by atomic mass is 19.1. The third-order valence-corrected chi connectivity index (χ3v) is 7.93. The van der Waals surface area contributed by atoms with Gasteiger partial charge in [-0.05, 0) is 99.0 Å². The fourth-order valence-electron chi connectivity index (χ4n) is 5.98. The predicted molar refractivity (Wildman–Crippen MR) is 124 cm³/mol. The normalized spacial score (nSPS) is 28.1. The molecule has 2 aliphatic rings. The fraction of sp³-hybridized carbons (Fsp3) is 0.714. The van der Waals surface area contributed by atoms with E-state index in [9.17, 15) is 4.39 Å². The second-order valence-electron chi connectivity index (χ2n) is 9.88. The molecule has 0 aliphatic heterocycles. The van der Waals surface area contributed by atoms with Gasteiger partial charge in [-0.15, -0.1) is 0 Å². The van der Waals surface area contributed by atoms with Crippen LogP contribution in [-0.2, 0) is 6.42 Å². The van der Waals surface area contributed by atoms with Crippen molar-refractivity contribution in [3.8, 4) is 0 Å². The van der Waals surface area contributed by atoms with Crippen LogP contribution in [0.1, 0.15) is 114 Å². The summed E-state index contributed by atoms with van der Waals surface area (Å²) in [7, 11) is 0. The first-order valence-corrected chi connectivity index (χ1v) is 12.6. The number of benzene rings is 1. The zero-order valence-corrected chi connectivity index (χ0v) is 18.8. The van der Waals surface area contributed by atoms with Gasteiger partial charge in [0.15, 0.2) is 0 Å². The maximum atomic E-state index is 12.1. The summed E-state index contributed by atoms with van der Waals surface area (Å²) in [6.45, 7) is 2.28. The SMILES string of the molecule is CCCCCCc1ccc(C2CCC(C3CCC(CC/C=C/F)CC3)CC2)cc1. The van der Waals surface area contributed by atoms with Gasteiger partial charge in [0.2, 0.25) is 0 Å². The van der Waals surface area contributed by atoms with E-state index in [2.05, 4.69) is 31.2 Å². The minimum Gasteiger partial charge on any atom is -0.216 e. The highest BCUT2D eigenvalue weighted by molar-refractivity contribution is 5.26. The molecule has 0 nitrogen and oxygen atoms in total. The van der Waals surface area contributed by atoms with Gasteiger partial charge in [0.25, 0.3) is 0 Å². The minimum atomic E-state index is 0.714. The highest BCUT2D eigenvalue weighted by Gasteiger charge is 2.31. The number of aryl methyl sites for hydroxylation is 1. The zero-order valence-electron chi connectivity index (χ0n) is 18.8. The molecule has 2 fully saturated rings. The molecular weight excluding hydrogens is 355 g/mol. The second kappa shape index (κ2) is 12.6. The molecule has 0 heterocycles. The van der Waals surface area contributed by atoms with Gasteiger partial charge in [0.1, 0.15) is 0 Å². The van der Waals surface area contributed by atoms with E-state index in [1.54, 1.807) is 11.6 Å². The Balaban J connectivity index is 1.37. The summed E-state index contributed by atoms with van der Waals surface area (Å²) >= 11 is 0. The van der Waals surface area contributed by atoms with Crippen molar-refractivity contribution in [2.24, 2.45) is 17.8 Å². The quantitative estimate of drug-likeness (QED) is 0.345. The van der Waals surface area contributed by atoms with E-state index in [1.165, 1.54) is 95.5 Å². The van der Waals surface area contributed by atoms with Crippen LogP contribution in [0, 0.1) is 17.8 Å². The van der Waals surface area contributed by atoms with E-state index in [-0.39, 0.29) is 0 Å². The number of hydrogen-bond donors (Lipinski definition) is 0. The molecule has 29 heavy (non-hydrogen) atoms. The van der Waals surface area contributed by atoms with Crippen LogP contribution in [0.2, 0.25) is 0 Å². The number of unbranched alkanes of at least 4 members (excludes halogenated alkanes) is 3. The average molecular weight is 399 g/mol. The van der Waals surface area contributed by atoms with E-state index < -0.39 is 0 Å². The molecule has 2 saturated carbocycles. The van der Waals surface area contributed by atoms with E-state index in [1.807, 2.05) is 0 Å². The van der Waals surface area contributed by atoms with Crippen LogP contribution < -0.4 is 0 Å². The third-order valence-electron chi connectivity index (χ3n) is 7.93. The Hall–Kier alpha value is -1.11. The molecule has 0 amide bonds. The zero-order chi connectivity index (χ0) is 20.3. The summed E-state index contributed by atoms with van der Waals surface area (Å²) < 4.78 is 12.1. The van der Waals surface area contributed by atoms with Crippen molar-refractivity contribution in [1.29, 1.82) is 0 Å². The third kappa shape index (κ3) is 7.26. The lowest BCUT2D eigenvalue weighted by Crippen LogP contribution is -2.25. The first-order valence-electron chi connectivity index (χ1n) is 12.6. The molecule has 0 bridgehead atoms. The number of allylic oxidation sites excluding steroid dienone is 1. The maximum absolute atomic E-state index is 12.1. The summed E-state index contributed by atoms with van der Waals surface area (Å²) in [6, 6.07) is 9.65. The highest BCUT2D eigenvalue weighted by Crippen LogP contribution is 2.44. The predicted octanol–water partition coefficient (Wildman–Crippen LogP) is 9.15. The van der Waals surface area contributed by atoms with Crippen LogP contribution in [0.4, 0.5) is 4.39 Å². The lowest BCUT2D eigenvalue weighted by Gasteiger charge is -2.38. The molecule has 1 aromatic carbocycles. The van der Waals surface area contributed by atoms with Gasteiger partial charge in [0, 0.05) is 0 Å². The minimum absolute atomic E-state index is 0.714. The van der Waals surface area contributed by atoms with Gasteiger partial charge in [0.05, 0.1) is 6.33 Å². The van der Waals surface area contributed by atoms with Crippen molar-refractivity contribution in [3.05, 3.63) is 47.8 Å². The Morgan fingerprint density at radius 3 is 2.10 bits per heavy atom. The molecule has 0 radical (unpaired) electrons. The summed E-state index contributed by atoms with van der Waals surface area (Å²) in [6.07, 6.45) is 22.4. The Labute approximate surface area is 179 Å². The molecule has 0 unspecified atom stereocenters.